The van der Waals surface area contributed by atoms with Crippen molar-refractivity contribution in [2.24, 2.45) is 11.3 Å². The molecule has 78 valence electrons. The Labute approximate surface area is 82.7 Å². The quantitative estimate of drug-likeness (QED) is 0.656. The lowest BCUT2D eigenvalue weighted by atomic mass is 9.68. The third kappa shape index (κ3) is 1.29. The molecule has 0 aromatic rings. The molecule has 2 rings (SSSR count). The monoisotopic (exact) mass is 197 g/mol. The van der Waals surface area contributed by atoms with Crippen molar-refractivity contribution in [2.75, 3.05) is 0 Å². The van der Waals surface area contributed by atoms with E-state index in [9.17, 15) is 9.59 Å². The van der Waals surface area contributed by atoms with Gasteiger partial charge < -0.3 is 10.4 Å². The number of aliphatic carboxylic acids is 1. The number of hydrogen-bond donors (Lipinski definition) is 2. The summed E-state index contributed by atoms with van der Waals surface area (Å²) in [5, 5.41) is 11.8. The minimum absolute atomic E-state index is 0.222. The van der Waals surface area contributed by atoms with Gasteiger partial charge in [0.25, 0.3) is 0 Å². The molecule has 0 aromatic heterocycles. The Kier molecular flexibility index (Phi) is 2.01. The van der Waals surface area contributed by atoms with Crippen molar-refractivity contribution < 1.29 is 14.7 Å². The molecule has 0 bridgehead atoms. The zero-order valence-corrected chi connectivity index (χ0v) is 8.25. The Morgan fingerprint density at radius 3 is 2.29 bits per heavy atom. The fourth-order valence-electron chi connectivity index (χ4n) is 1.90. The van der Waals surface area contributed by atoms with E-state index in [2.05, 4.69) is 12.2 Å². The van der Waals surface area contributed by atoms with E-state index in [0.717, 1.165) is 12.8 Å². The van der Waals surface area contributed by atoms with Crippen LogP contribution in [0.25, 0.3) is 0 Å². The van der Waals surface area contributed by atoms with E-state index >= 15 is 0 Å². The van der Waals surface area contributed by atoms with Crippen molar-refractivity contribution in [1.29, 1.82) is 0 Å². The molecule has 2 saturated carbocycles. The normalized spacial score (nSPS) is 32.9. The molecule has 0 saturated heterocycles. The zero-order valence-electron chi connectivity index (χ0n) is 8.25. The Morgan fingerprint density at radius 1 is 1.43 bits per heavy atom. The summed E-state index contributed by atoms with van der Waals surface area (Å²) in [6, 6.07) is 0.222. The topological polar surface area (TPSA) is 66.4 Å². The van der Waals surface area contributed by atoms with E-state index in [1.165, 1.54) is 0 Å². The molecule has 14 heavy (non-hydrogen) atoms. The van der Waals surface area contributed by atoms with Crippen LogP contribution in [0.2, 0.25) is 0 Å². The second kappa shape index (κ2) is 2.97. The number of carboxylic acids is 1. The molecule has 0 aliphatic heterocycles. The van der Waals surface area contributed by atoms with Gasteiger partial charge in [-0.2, -0.15) is 0 Å². The van der Waals surface area contributed by atoms with Crippen LogP contribution in [0.15, 0.2) is 0 Å². The molecule has 0 radical (unpaired) electrons. The van der Waals surface area contributed by atoms with Crippen molar-refractivity contribution >= 4 is 11.9 Å². The number of hydrogen-bond acceptors (Lipinski definition) is 2. The summed E-state index contributed by atoms with van der Waals surface area (Å²) in [4.78, 5) is 22.7. The number of rotatable bonds is 3. The van der Waals surface area contributed by atoms with E-state index in [-0.39, 0.29) is 11.9 Å². The maximum atomic E-state index is 11.7. The Balaban J connectivity index is 1.98. The second-order valence-electron chi connectivity index (χ2n) is 4.53. The number of carbonyl (C=O) groups excluding carboxylic acids is 1. The minimum Gasteiger partial charge on any atom is -0.480 e. The number of carbonyl (C=O) groups is 2. The van der Waals surface area contributed by atoms with Gasteiger partial charge >= 0.3 is 5.97 Å². The molecule has 1 amide bonds. The van der Waals surface area contributed by atoms with Crippen LogP contribution in [0, 0.1) is 11.3 Å². The zero-order chi connectivity index (χ0) is 10.3. The highest BCUT2D eigenvalue weighted by Gasteiger charge is 2.52. The number of amides is 1. The van der Waals surface area contributed by atoms with Crippen LogP contribution in [0.5, 0.6) is 0 Å². The first-order valence-electron chi connectivity index (χ1n) is 5.10. The molecule has 2 N–H and O–H groups in total. The van der Waals surface area contributed by atoms with Gasteiger partial charge in [-0.3, -0.25) is 9.59 Å². The molecule has 2 aliphatic rings. The summed E-state index contributed by atoms with van der Waals surface area (Å²) in [5.41, 5.74) is -1.09. The first kappa shape index (κ1) is 9.49. The van der Waals surface area contributed by atoms with Gasteiger partial charge in [0.15, 0.2) is 0 Å². The largest absolute Gasteiger partial charge is 0.480 e. The predicted octanol–water partition coefficient (Wildman–Crippen LogP) is 0.766. The second-order valence-corrected chi connectivity index (χ2v) is 4.53. The first-order chi connectivity index (χ1) is 6.56. The smallest absolute Gasteiger partial charge is 0.319 e. The summed E-state index contributed by atoms with van der Waals surface area (Å²) < 4.78 is 0. The van der Waals surface area contributed by atoms with E-state index in [1.807, 2.05) is 0 Å². The van der Waals surface area contributed by atoms with Crippen LogP contribution >= 0.6 is 0 Å². The molecule has 4 heteroatoms. The van der Waals surface area contributed by atoms with E-state index in [0.29, 0.717) is 18.8 Å². The van der Waals surface area contributed by atoms with Gasteiger partial charge in [-0.05, 0) is 25.2 Å². The highest BCUT2D eigenvalue weighted by molar-refractivity contribution is 6.03. The van der Waals surface area contributed by atoms with Crippen LogP contribution in [0.1, 0.15) is 32.6 Å². The maximum Gasteiger partial charge on any atom is 0.319 e. The summed E-state index contributed by atoms with van der Waals surface area (Å²) in [5.74, 6) is -0.718. The first-order valence-corrected chi connectivity index (χ1v) is 5.10. The van der Waals surface area contributed by atoms with Gasteiger partial charge in [-0.1, -0.05) is 13.3 Å². The molecule has 2 unspecified atom stereocenters. The van der Waals surface area contributed by atoms with Gasteiger partial charge in [-0.25, -0.2) is 0 Å². The molecule has 0 aromatic carbocycles. The average molecular weight is 197 g/mol. The van der Waals surface area contributed by atoms with Crippen LogP contribution in [-0.2, 0) is 9.59 Å². The fraction of sp³-hybridized carbons (Fsp3) is 0.800. The summed E-state index contributed by atoms with van der Waals surface area (Å²) in [7, 11) is 0. The van der Waals surface area contributed by atoms with Gasteiger partial charge in [0.2, 0.25) is 5.91 Å². The molecule has 2 fully saturated rings. The maximum absolute atomic E-state index is 11.7. The van der Waals surface area contributed by atoms with Gasteiger partial charge in [0, 0.05) is 6.04 Å². The van der Waals surface area contributed by atoms with Crippen molar-refractivity contribution in [3.05, 3.63) is 0 Å². The molecule has 0 heterocycles. The van der Waals surface area contributed by atoms with E-state index in [4.69, 9.17) is 5.11 Å². The molecule has 0 spiro atoms. The highest BCUT2D eigenvalue weighted by Crippen LogP contribution is 2.42. The SMILES string of the molecule is CC1CC1NC(=O)C1(C(=O)O)CCC1. The van der Waals surface area contributed by atoms with E-state index in [1.54, 1.807) is 0 Å². The molecule has 2 aliphatic carbocycles. The lowest BCUT2D eigenvalue weighted by Gasteiger charge is -2.35. The minimum atomic E-state index is -1.09. The lowest BCUT2D eigenvalue weighted by Crippen LogP contribution is -2.51. The van der Waals surface area contributed by atoms with Crippen molar-refractivity contribution in [2.45, 2.75) is 38.6 Å². The van der Waals surface area contributed by atoms with Crippen LogP contribution in [-0.4, -0.2) is 23.0 Å². The summed E-state index contributed by atoms with van der Waals surface area (Å²) in [6.45, 7) is 2.05. The fourth-order valence-corrected chi connectivity index (χ4v) is 1.90. The Morgan fingerprint density at radius 2 is 2.00 bits per heavy atom. The highest BCUT2D eigenvalue weighted by atomic mass is 16.4. The summed E-state index contributed by atoms with van der Waals surface area (Å²) >= 11 is 0. The Hall–Kier alpha value is -1.06. The number of nitrogens with one attached hydrogen (secondary N) is 1. The standard InChI is InChI=1S/C10H15NO3/c1-6-5-7(6)11-8(12)10(9(13)14)3-2-4-10/h6-7H,2-5H2,1H3,(H,11,12)(H,13,14). The van der Waals surface area contributed by atoms with E-state index < -0.39 is 11.4 Å². The lowest BCUT2D eigenvalue weighted by molar-refractivity contribution is -0.162. The predicted molar refractivity (Wildman–Crippen MR) is 49.6 cm³/mol. The van der Waals surface area contributed by atoms with Crippen LogP contribution < -0.4 is 5.32 Å². The molecular weight excluding hydrogens is 182 g/mol. The van der Waals surface area contributed by atoms with Gasteiger partial charge in [0.05, 0.1) is 0 Å². The third-order valence-corrected chi connectivity index (χ3v) is 3.48. The van der Waals surface area contributed by atoms with Crippen LogP contribution in [0.3, 0.4) is 0 Å². The van der Waals surface area contributed by atoms with Gasteiger partial charge in [0.1, 0.15) is 5.41 Å². The Bertz CT molecular complexity index is 283. The van der Waals surface area contributed by atoms with Crippen molar-refractivity contribution in [1.82, 2.24) is 5.32 Å². The number of carboxylic acid groups (broad SMARTS) is 1. The molecule has 4 nitrogen and oxygen atoms in total. The van der Waals surface area contributed by atoms with Crippen molar-refractivity contribution in [3.63, 3.8) is 0 Å². The van der Waals surface area contributed by atoms with Gasteiger partial charge in [-0.15, -0.1) is 0 Å². The van der Waals surface area contributed by atoms with Crippen molar-refractivity contribution in [3.8, 4) is 0 Å². The third-order valence-electron chi connectivity index (χ3n) is 3.48. The summed E-state index contributed by atoms with van der Waals surface area (Å²) in [6.07, 6.45) is 2.83. The molecular formula is C10H15NO3. The molecule has 2 atom stereocenters. The van der Waals surface area contributed by atoms with Crippen LogP contribution in [0.4, 0.5) is 0 Å². The average Bonchev–Trinajstić information content (AvgIpc) is 2.61.